The molecule has 1 amide bonds. The summed E-state index contributed by atoms with van der Waals surface area (Å²) in [5.74, 6) is -1.26. The van der Waals surface area contributed by atoms with Crippen LogP contribution in [0.5, 0.6) is 5.75 Å². The number of anilines is 1. The van der Waals surface area contributed by atoms with Crippen LogP contribution in [0.15, 0.2) is 30.3 Å². The fraction of sp³-hybridized carbons (Fsp3) is 0.316. The monoisotopic (exact) mass is 396 g/mol. The van der Waals surface area contributed by atoms with E-state index in [1.165, 1.54) is 0 Å². The van der Waals surface area contributed by atoms with Crippen molar-refractivity contribution >= 4 is 17.3 Å². The Bertz CT molecular complexity index is 947. The Morgan fingerprint density at radius 1 is 1.11 bits per heavy atom. The lowest BCUT2D eigenvalue weighted by Crippen LogP contribution is -2.20. The minimum atomic E-state index is -4.92. The first-order chi connectivity index (χ1) is 12.7. The van der Waals surface area contributed by atoms with Gasteiger partial charge < -0.3 is 10.4 Å². The number of rotatable bonds is 3. The van der Waals surface area contributed by atoms with Gasteiger partial charge in [0.2, 0.25) is 0 Å². The molecule has 0 spiro atoms. The number of nitro groups is 1. The van der Waals surface area contributed by atoms with Gasteiger partial charge in [-0.25, -0.2) is 0 Å². The van der Waals surface area contributed by atoms with Crippen molar-refractivity contribution in [3.05, 3.63) is 62.7 Å². The molecule has 0 saturated heterocycles. The van der Waals surface area contributed by atoms with Crippen molar-refractivity contribution in [2.75, 3.05) is 5.32 Å². The van der Waals surface area contributed by atoms with Crippen molar-refractivity contribution in [3.63, 3.8) is 0 Å². The SMILES string of the molecule is Cc1ccc(C(C)(C)C)c(O)c1C(=O)Nc1ccc([N+](=O)[O-])cc1C(F)(F)F. The lowest BCUT2D eigenvalue weighted by Gasteiger charge is -2.23. The first-order valence-electron chi connectivity index (χ1n) is 8.23. The molecule has 0 aliphatic rings. The van der Waals surface area contributed by atoms with Gasteiger partial charge in [-0.3, -0.25) is 14.9 Å². The van der Waals surface area contributed by atoms with Gasteiger partial charge in [-0.1, -0.05) is 32.9 Å². The maximum absolute atomic E-state index is 13.3. The molecule has 0 saturated carbocycles. The summed E-state index contributed by atoms with van der Waals surface area (Å²) < 4.78 is 39.9. The molecular formula is C19H19F3N2O4. The van der Waals surface area contributed by atoms with Crippen LogP contribution in [-0.4, -0.2) is 15.9 Å². The third-order valence-corrected chi connectivity index (χ3v) is 4.19. The van der Waals surface area contributed by atoms with Crippen LogP contribution in [0, 0.1) is 17.0 Å². The Hall–Kier alpha value is -3.10. The van der Waals surface area contributed by atoms with E-state index in [0.717, 1.165) is 12.1 Å². The molecule has 0 aromatic heterocycles. The van der Waals surface area contributed by atoms with Crippen molar-refractivity contribution in [2.45, 2.75) is 39.3 Å². The summed E-state index contributed by atoms with van der Waals surface area (Å²) in [4.78, 5) is 22.5. The molecule has 0 heterocycles. The molecule has 9 heteroatoms. The van der Waals surface area contributed by atoms with Gasteiger partial charge >= 0.3 is 6.18 Å². The van der Waals surface area contributed by atoms with Gasteiger partial charge in [0.15, 0.2) is 0 Å². The maximum atomic E-state index is 13.3. The van der Waals surface area contributed by atoms with Gasteiger partial charge in [0, 0.05) is 17.7 Å². The normalized spacial score (nSPS) is 12.0. The van der Waals surface area contributed by atoms with E-state index in [9.17, 15) is 33.2 Å². The average molecular weight is 396 g/mol. The zero-order valence-electron chi connectivity index (χ0n) is 15.6. The first kappa shape index (κ1) is 21.2. The van der Waals surface area contributed by atoms with Crippen molar-refractivity contribution < 1.29 is 28.0 Å². The summed E-state index contributed by atoms with van der Waals surface area (Å²) in [5.41, 5.74) is -2.56. The molecule has 0 aliphatic carbocycles. The highest BCUT2D eigenvalue weighted by molar-refractivity contribution is 6.08. The molecule has 150 valence electrons. The number of nitro benzene ring substituents is 1. The Morgan fingerprint density at radius 2 is 1.71 bits per heavy atom. The van der Waals surface area contributed by atoms with Crippen LogP contribution in [0.4, 0.5) is 24.5 Å². The Balaban J connectivity index is 2.53. The number of non-ortho nitro benzene ring substituents is 1. The van der Waals surface area contributed by atoms with E-state index in [1.54, 1.807) is 19.1 Å². The zero-order chi connectivity index (χ0) is 21.4. The van der Waals surface area contributed by atoms with Crippen LogP contribution >= 0.6 is 0 Å². The van der Waals surface area contributed by atoms with Crippen LogP contribution in [0.25, 0.3) is 0 Å². The molecule has 0 unspecified atom stereocenters. The van der Waals surface area contributed by atoms with Crippen LogP contribution in [0.2, 0.25) is 0 Å². The number of alkyl halides is 3. The van der Waals surface area contributed by atoms with Gasteiger partial charge in [-0.15, -0.1) is 0 Å². The molecule has 0 radical (unpaired) electrons. The van der Waals surface area contributed by atoms with E-state index in [-0.39, 0.29) is 11.3 Å². The van der Waals surface area contributed by atoms with Gasteiger partial charge in [0.1, 0.15) is 5.75 Å². The fourth-order valence-electron chi connectivity index (χ4n) is 2.76. The molecule has 2 aromatic rings. The lowest BCUT2D eigenvalue weighted by molar-refractivity contribution is -0.385. The van der Waals surface area contributed by atoms with Crippen LogP contribution in [-0.2, 0) is 11.6 Å². The van der Waals surface area contributed by atoms with E-state index in [1.807, 2.05) is 20.8 Å². The molecule has 2 rings (SSSR count). The minimum absolute atomic E-state index is 0.154. The highest BCUT2D eigenvalue weighted by Crippen LogP contribution is 2.39. The van der Waals surface area contributed by atoms with E-state index in [4.69, 9.17) is 0 Å². The molecule has 0 aliphatic heterocycles. The smallest absolute Gasteiger partial charge is 0.418 e. The number of phenols is 1. The number of phenolic OH excluding ortho intramolecular Hbond substituents is 1. The number of hydrogen-bond acceptors (Lipinski definition) is 4. The van der Waals surface area contributed by atoms with Gasteiger partial charge in [-0.05, 0) is 24.0 Å². The number of nitrogens with zero attached hydrogens (tertiary/aromatic N) is 1. The number of aryl methyl sites for hydroxylation is 1. The molecule has 0 bridgehead atoms. The third kappa shape index (κ3) is 4.24. The van der Waals surface area contributed by atoms with Crippen molar-refractivity contribution in [2.24, 2.45) is 0 Å². The van der Waals surface area contributed by atoms with E-state index >= 15 is 0 Å². The summed E-state index contributed by atoms with van der Waals surface area (Å²) in [6, 6.07) is 5.28. The number of benzene rings is 2. The summed E-state index contributed by atoms with van der Waals surface area (Å²) in [6.07, 6.45) is -4.92. The number of hydrogen-bond donors (Lipinski definition) is 2. The summed E-state index contributed by atoms with van der Waals surface area (Å²) >= 11 is 0. The minimum Gasteiger partial charge on any atom is -0.507 e. The number of aromatic hydroxyl groups is 1. The number of nitrogens with one attached hydrogen (secondary N) is 1. The Labute approximate surface area is 159 Å². The number of amides is 1. The van der Waals surface area contributed by atoms with Crippen molar-refractivity contribution in [1.29, 1.82) is 0 Å². The third-order valence-electron chi connectivity index (χ3n) is 4.19. The molecule has 2 aromatic carbocycles. The fourth-order valence-corrected chi connectivity index (χ4v) is 2.76. The van der Waals surface area contributed by atoms with E-state index in [0.29, 0.717) is 17.2 Å². The second-order valence-electron chi connectivity index (χ2n) is 7.34. The summed E-state index contributed by atoms with van der Waals surface area (Å²) in [5, 5.41) is 23.4. The first-order valence-corrected chi connectivity index (χ1v) is 8.23. The Kier molecular flexibility index (Phi) is 5.41. The van der Waals surface area contributed by atoms with Gasteiger partial charge in [-0.2, -0.15) is 13.2 Å². The maximum Gasteiger partial charge on any atom is 0.418 e. The second kappa shape index (κ2) is 7.14. The van der Waals surface area contributed by atoms with Crippen molar-refractivity contribution in [3.8, 4) is 5.75 Å². The highest BCUT2D eigenvalue weighted by Gasteiger charge is 2.36. The second-order valence-corrected chi connectivity index (χ2v) is 7.34. The number of carbonyl (C=O) groups excluding carboxylic acids is 1. The predicted octanol–water partition coefficient (Wildman–Crippen LogP) is 5.18. The molecule has 28 heavy (non-hydrogen) atoms. The van der Waals surface area contributed by atoms with E-state index < -0.39 is 39.4 Å². The largest absolute Gasteiger partial charge is 0.507 e. The molecule has 6 nitrogen and oxygen atoms in total. The average Bonchev–Trinajstić information content (AvgIpc) is 2.52. The molecule has 2 N–H and O–H groups in total. The molecule has 0 atom stereocenters. The van der Waals surface area contributed by atoms with Crippen LogP contribution in [0.1, 0.15) is 47.8 Å². The van der Waals surface area contributed by atoms with Gasteiger partial charge in [0.25, 0.3) is 11.6 Å². The van der Waals surface area contributed by atoms with Crippen LogP contribution < -0.4 is 5.32 Å². The summed E-state index contributed by atoms with van der Waals surface area (Å²) in [7, 11) is 0. The summed E-state index contributed by atoms with van der Waals surface area (Å²) in [6.45, 7) is 6.99. The standard InChI is InChI=1S/C19H19F3N2O4/c1-10-5-7-12(18(2,3)4)16(25)15(10)17(26)23-14-8-6-11(24(27)28)9-13(14)19(20,21)22/h5-9,25H,1-4H3,(H,23,26). The highest BCUT2D eigenvalue weighted by atomic mass is 19.4. The lowest BCUT2D eigenvalue weighted by atomic mass is 9.84. The van der Waals surface area contributed by atoms with Crippen LogP contribution in [0.3, 0.4) is 0 Å². The Morgan fingerprint density at radius 3 is 2.21 bits per heavy atom. The number of carbonyl (C=O) groups is 1. The predicted molar refractivity (Wildman–Crippen MR) is 97.6 cm³/mol. The van der Waals surface area contributed by atoms with Crippen molar-refractivity contribution in [1.82, 2.24) is 0 Å². The topological polar surface area (TPSA) is 92.5 Å². The number of halogens is 3. The quantitative estimate of drug-likeness (QED) is 0.552. The molecule has 0 fully saturated rings. The molecular weight excluding hydrogens is 377 g/mol. The van der Waals surface area contributed by atoms with Gasteiger partial charge in [0.05, 0.1) is 21.7 Å². The zero-order valence-corrected chi connectivity index (χ0v) is 15.6. The van der Waals surface area contributed by atoms with E-state index in [2.05, 4.69) is 5.32 Å².